The van der Waals surface area contributed by atoms with Crippen molar-refractivity contribution in [3.63, 3.8) is 0 Å². The predicted octanol–water partition coefficient (Wildman–Crippen LogP) is 2.16. The van der Waals surface area contributed by atoms with E-state index in [9.17, 15) is 4.79 Å². The van der Waals surface area contributed by atoms with E-state index in [1.165, 1.54) is 0 Å². The molecule has 2 atom stereocenters. The summed E-state index contributed by atoms with van der Waals surface area (Å²) in [5.74, 6) is -0.206. The van der Waals surface area contributed by atoms with Crippen LogP contribution in [-0.4, -0.2) is 31.7 Å². The summed E-state index contributed by atoms with van der Waals surface area (Å²) in [5.41, 5.74) is 3.79. The number of aromatic nitrogens is 4. The molecule has 1 amide bonds. The first kappa shape index (κ1) is 16.8. The van der Waals surface area contributed by atoms with E-state index in [0.717, 1.165) is 35.6 Å². The lowest BCUT2D eigenvalue weighted by molar-refractivity contribution is -0.135. The molecule has 4 heterocycles. The van der Waals surface area contributed by atoms with Crippen LogP contribution in [0.15, 0.2) is 36.7 Å². The van der Waals surface area contributed by atoms with Crippen LogP contribution in [0.3, 0.4) is 0 Å². The normalized spacial score (nSPS) is 20.4. The lowest BCUT2D eigenvalue weighted by Gasteiger charge is -2.30. The van der Waals surface area contributed by atoms with Gasteiger partial charge in [-0.2, -0.15) is 5.10 Å². The SMILES string of the molecule is Cc1cccc2nc(CNC(=O)[C@@H]3CCCO[C@H]3c3ccnn3C)cn12. The molecule has 7 nitrogen and oxygen atoms in total. The first-order valence-corrected chi connectivity index (χ1v) is 8.94. The Bertz CT molecular complexity index is 929. The minimum atomic E-state index is -0.250. The maximum atomic E-state index is 12.8. The number of ether oxygens (including phenoxy) is 1. The van der Waals surface area contributed by atoms with Gasteiger partial charge in [0, 0.05) is 31.7 Å². The van der Waals surface area contributed by atoms with Gasteiger partial charge in [0.15, 0.2) is 0 Å². The molecule has 0 aliphatic carbocycles. The fourth-order valence-corrected chi connectivity index (χ4v) is 3.60. The highest BCUT2D eigenvalue weighted by molar-refractivity contribution is 5.79. The number of pyridine rings is 1. The van der Waals surface area contributed by atoms with Gasteiger partial charge in [-0.05, 0) is 38.0 Å². The van der Waals surface area contributed by atoms with Crippen molar-refractivity contribution in [1.82, 2.24) is 24.5 Å². The quantitative estimate of drug-likeness (QED) is 0.780. The lowest BCUT2D eigenvalue weighted by atomic mass is 9.91. The van der Waals surface area contributed by atoms with E-state index in [1.807, 2.05) is 48.8 Å². The third-order valence-electron chi connectivity index (χ3n) is 5.00. The summed E-state index contributed by atoms with van der Waals surface area (Å²) in [5, 5.41) is 7.24. The minimum absolute atomic E-state index is 0.00433. The summed E-state index contributed by atoms with van der Waals surface area (Å²) in [4.78, 5) is 17.4. The molecule has 0 spiro atoms. The van der Waals surface area contributed by atoms with Gasteiger partial charge in [0.2, 0.25) is 5.91 Å². The largest absolute Gasteiger partial charge is 0.371 e. The average molecular weight is 353 g/mol. The van der Waals surface area contributed by atoms with Crippen molar-refractivity contribution in [2.75, 3.05) is 6.61 Å². The zero-order chi connectivity index (χ0) is 18.1. The monoisotopic (exact) mass is 353 g/mol. The molecule has 1 saturated heterocycles. The van der Waals surface area contributed by atoms with Gasteiger partial charge in [0.1, 0.15) is 11.8 Å². The summed E-state index contributed by atoms with van der Waals surface area (Å²) < 4.78 is 9.72. The maximum Gasteiger partial charge on any atom is 0.226 e. The molecule has 26 heavy (non-hydrogen) atoms. The molecule has 3 aromatic rings. The third kappa shape index (κ3) is 3.10. The number of aryl methyl sites for hydroxylation is 2. The number of carbonyl (C=O) groups excluding carboxylic acids is 1. The van der Waals surface area contributed by atoms with Crippen molar-refractivity contribution in [3.05, 3.63) is 53.7 Å². The number of hydrogen-bond donors (Lipinski definition) is 1. The molecule has 0 saturated carbocycles. The number of amides is 1. The number of nitrogens with zero attached hydrogens (tertiary/aromatic N) is 4. The van der Waals surface area contributed by atoms with Gasteiger partial charge < -0.3 is 14.5 Å². The number of imidazole rings is 1. The fourth-order valence-electron chi connectivity index (χ4n) is 3.60. The summed E-state index contributed by atoms with van der Waals surface area (Å²) in [7, 11) is 1.88. The van der Waals surface area contributed by atoms with Gasteiger partial charge >= 0.3 is 0 Å². The molecule has 4 rings (SSSR count). The first-order valence-electron chi connectivity index (χ1n) is 8.94. The number of rotatable bonds is 4. The predicted molar refractivity (Wildman–Crippen MR) is 96.4 cm³/mol. The number of carbonyl (C=O) groups is 1. The molecule has 1 N–H and O–H groups in total. The molecule has 3 aromatic heterocycles. The van der Waals surface area contributed by atoms with E-state index in [-0.39, 0.29) is 17.9 Å². The number of nitrogens with one attached hydrogen (secondary N) is 1. The van der Waals surface area contributed by atoms with Crippen LogP contribution in [-0.2, 0) is 23.1 Å². The van der Waals surface area contributed by atoms with Crippen molar-refractivity contribution in [1.29, 1.82) is 0 Å². The van der Waals surface area contributed by atoms with Gasteiger partial charge in [0.25, 0.3) is 0 Å². The van der Waals surface area contributed by atoms with E-state index in [4.69, 9.17) is 4.74 Å². The molecular weight excluding hydrogens is 330 g/mol. The Labute approximate surface area is 152 Å². The van der Waals surface area contributed by atoms with Crippen LogP contribution in [0.5, 0.6) is 0 Å². The van der Waals surface area contributed by atoms with Gasteiger partial charge in [-0.15, -0.1) is 0 Å². The van der Waals surface area contributed by atoms with Crippen LogP contribution in [0.4, 0.5) is 0 Å². The first-order chi connectivity index (χ1) is 12.6. The standard InChI is InChI=1S/C19H23N5O2/c1-13-5-3-7-17-22-14(12-24(13)17)11-20-19(25)15-6-4-10-26-18(15)16-8-9-21-23(16)2/h3,5,7-9,12,15,18H,4,6,10-11H2,1-2H3,(H,20,25)/t15-,18-/m1/s1. The topological polar surface area (TPSA) is 73.4 Å². The van der Waals surface area contributed by atoms with Crippen LogP contribution in [0.1, 0.15) is 36.0 Å². The zero-order valence-electron chi connectivity index (χ0n) is 15.1. The molecule has 1 aliphatic heterocycles. The Morgan fingerprint density at radius 2 is 2.27 bits per heavy atom. The molecule has 0 aromatic carbocycles. The van der Waals surface area contributed by atoms with Crippen LogP contribution < -0.4 is 5.32 Å². The molecule has 0 radical (unpaired) electrons. The van der Waals surface area contributed by atoms with Crippen molar-refractivity contribution in [2.24, 2.45) is 13.0 Å². The lowest BCUT2D eigenvalue weighted by Crippen LogP contribution is -2.38. The van der Waals surface area contributed by atoms with Gasteiger partial charge in [-0.3, -0.25) is 9.48 Å². The number of hydrogen-bond acceptors (Lipinski definition) is 4. The van der Waals surface area contributed by atoms with Crippen molar-refractivity contribution in [3.8, 4) is 0 Å². The Kier molecular flexibility index (Phi) is 4.46. The molecule has 1 fully saturated rings. The van der Waals surface area contributed by atoms with Gasteiger partial charge in [0.05, 0.1) is 23.9 Å². The van der Waals surface area contributed by atoms with Crippen LogP contribution in [0, 0.1) is 12.8 Å². The van der Waals surface area contributed by atoms with Crippen LogP contribution in [0.25, 0.3) is 5.65 Å². The fraction of sp³-hybridized carbons (Fsp3) is 0.421. The summed E-state index contributed by atoms with van der Waals surface area (Å²) in [6.45, 7) is 3.12. The van der Waals surface area contributed by atoms with Crippen molar-refractivity contribution in [2.45, 2.75) is 32.4 Å². The van der Waals surface area contributed by atoms with E-state index < -0.39 is 0 Å². The number of fused-ring (bicyclic) bond motifs is 1. The van der Waals surface area contributed by atoms with Gasteiger partial charge in [-0.1, -0.05) is 6.07 Å². The third-order valence-corrected chi connectivity index (χ3v) is 5.00. The molecule has 0 unspecified atom stereocenters. The van der Waals surface area contributed by atoms with Crippen LogP contribution >= 0.6 is 0 Å². The molecule has 0 bridgehead atoms. The Hall–Kier alpha value is -2.67. The molecule has 136 valence electrons. The summed E-state index contributed by atoms with van der Waals surface area (Å²) >= 11 is 0. The highest BCUT2D eigenvalue weighted by Crippen LogP contribution is 2.33. The second kappa shape index (κ2) is 6.92. The highest BCUT2D eigenvalue weighted by atomic mass is 16.5. The second-order valence-electron chi connectivity index (χ2n) is 6.77. The molecule has 1 aliphatic rings. The van der Waals surface area contributed by atoms with E-state index in [0.29, 0.717) is 13.2 Å². The van der Waals surface area contributed by atoms with E-state index in [2.05, 4.69) is 15.4 Å². The minimum Gasteiger partial charge on any atom is -0.371 e. The average Bonchev–Trinajstić information content (AvgIpc) is 3.26. The van der Waals surface area contributed by atoms with Crippen LogP contribution in [0.2, 0.25) is 0 Å². The Balaban J connectivity index is 1.47. The highest BCUT2D eigenvalue weighted by Gasteiger charge is 2.34. The Morgan fingerprint density at radius 1 is 1.38 bits per heavy atom. The smallest absolute Gasteiger partial charge is 0.226 e. The summed E-state index contributed by atoms with van der Waals surface area (Å²) in [6, 6.07) is 7.90. The van der Waals surface area contributed by atoms with Crippen molar-refractivity contribution < 1.29 is 9.53 Å². The van der Waals surface area contributed by atoms with E-state index >= 15 is 0 Å². The maximum absolute atomic E-state index is 12.8. The zero-order valence-corrected chi connectivity index (χ0v) is 15.1. The Morgan fingerprint density at radius 3 is 3.04 bits per heavy atom. The summed E-state index contributed by atoms with van der Waals surface area (Å²) in [6.07, 6.45) is 5.16. The molecular formula is C19H23N5O2. The van der Waals surface area contributed by atoms with Gasteiger partial charge in [-0.25, -0.2) is 4.98 Å². The van der Waals surface area contributed by atoms with E-state index in [1.54, 1.807) is 10.9 Å². The van der Waals surface area contributed by atoms with Crippen molar-refractivity contribution >= 4 is 11.6 Å². The molecule has 7 heteroatoms. The second-order valence-corrected chi connectivity index (χ2v) is 6.77.